The summed E-state index contributed by atoms with van der Waals surface area (Å²) in [5.74, 6) is 0.779. The fourth-order valence-electron chi connectivity index (χ4n) is 1.65. The maximum Gasteiger partial charge on any atom is 0.119 e. The molecule has 114 valence electrons. The molecule has 0 aliphatic heterocycles. The zero-order valence-corrected chi connectivity index (χ0v) is 13.0. The van der Waals surface area contributed by atoms with Gasteiger partial charge in [0.25, 0.3) is 0 Å². The van der Waals surface area contributed by atoms with Gasteiger partial charge in [-0.25, -0.2) is 0 Å². The van der Waals surface area contributed by atoms with E-state index in [1.165, 1.54) is 5.56 Å². The average Bonchev–Trinajstić information content (AvgIpc) is 2.41. The smallest absolute Gasteiger partial charge is 0.119 e. The highest BCUT2D eigenvalue weighted by molar-refractivity contribution is 5.27. The van der Waals surface area contributed by atoms with Gasteiger partial charge in [-0.2, -0.15) is 0 Å². The zero-order valence-electron chi connectivity index (χ0n) is 13.0. The predicted octanol–water partition coefficient (Wildman–Crippen LogP) is 2.00. The number of ether oxygens (including phenoxy) is 2. The molecule has 0 fully saturated rings. The Bertz CT molecular complexity index is 370. The first-order valence-corrected chi connectivity index (χ1v) is 7.04. The minimum Gasteiger partial charge on any atom is -0.491 e. The van der Waals surface area contributed by atoms with Crippen molar-refractivity contribution in [2.75, 3.05) is 26.9 Å². The van der Waals surface area contributed by atoms with Gasteiger partial charge in [-0.05, 0) is 44.9 Å². The van der Waals surface area contributed by atoms with Gasteiger partial charge in [0, 0.05) is 19.2 Å². The summed E-state index contributed by atoms with van der Waals surface area (Å²) in [5.41, 5.74) is 1.22. The molecule has 0 amide bonds. The molecule has 0 heterocycles. The molecule has 0 bridgehead atoms. The molecule has 4 heteroatoms. The molecule has 1 aromatic carbocycles. The van der Waals surface area contributed by atoms with Crippen LogP contribution in [0.15, 0.2) is 24.3 Å². The summed E-state index contributed by atoms with van der Waals surface area (Å²) in [6.07, 6.45) is 0.386. The number of benzene rings is 1. The Labute approximate surface area is 122 Å². The van der Waals surface area contributed by atoms with Gasteiger partial charge >= 0.3 is 0 Å². The van der Waals surface area contributed by atoms with Crippen LogP contribution in [-0.2, 0) is 11.2 Å². The number of hydrogen-bond donors (Lipinski definition) is 2. The molecule has 0 unspecified atom stereocenters. The summed E-state index contributed by atoms with van der Waals surface area (Å²) < 4.78 is 10.6. The summed E-state index contributed by atoms with van der Waals surface area (Å²) in [6.45, 7) is 7.74. The third-order valence-electron chi connectivity index (χ3n) is 2.83. The highest BCUT2D eigenvalue weighted by Gasteiger charge is 2.12. The first-order chi connectivity index (χ1) is 9.40. The lowest BCUT2D eigenvalue weighted by Gasteiger charge is -2.23. The maximum atomic E-state index is 9.84. The molecule has 0 aromatic heterocycles. The number of nitrogens with one attached hydrogen (secondary N) is 1. The molecular weight excluding hydrogens is 254 g/mol. The summed E-state index contributed by atoms with van der Waals surface area (Å²) >= 11 is 0. The molecule has 0 saturated heterocycles. The Balaban J connectivity index is 2.30. The van der Waals surface area contributed by atoms with E-state index in [1.807, 2.05) is 24.3 Å². The van der Waals surface area contributed by atoms with Gasteiger partial charge in [-0.1, -0.05) is 12.1 Å². The second kappa shape index (κ2) is 8.25. The highest BCUT2D eigenvalue weighted by atomic mass is 16.5. The highest BCUT2D eigenvalue weighted by Crippen LogP contribution is 2.13. The molecule has 0 radical (unpaired) electrons. The summed E-state index contributed by atoms with van der Waals surface area (Å²) in [4.78, 5) is 0. The summed E-state index contributed by atoms with van der Waals surface area (Å²) in [6, 6.07) is 7.89. The quantitative estimate of drug-likeness (QED) is 0.765. The summed E-state index contributed by atoms with van der Waals surface area (Å²) in [7, 11) is 1.70. The first kappa shape index (κ1) is 17.0. The lowest BCUT2D eigenvalue weighted by Crippen LogP contribution is -2.42. The van der Waals surface area contributed by atoms with Gasteiger partial charge in [0.2, 0.25) is 0 Å². The molecule has 0 spiro atoms. The van der Waals surface area contributed by atoms with Gasteiger partial charge in [0.15, 0.2) is 0 Å². The lowest BCUT2D eigenvalue weighted by molar-refractivity contribution is 0.100. The van der Waals surface area contributed by atoms with Crippen molar-refractivity contribution in [1.82, 2.24) is 5.32 Å². The minimum atomic E-state index is -0.512. The van der Waals surface area contributed by atoms with E-state index < -0.39 is 6.10 Å². The van der Waals surface area contributed by atoms with Crippen LogP contribution in [-0.4, -0.2) is 43.6 Å². The Hall–Kier alpha value is -1.10. The third kappa shape index (κ3) is 7.48. The van der Waals surface area contributed by atoms with Crippen molar-refractivity contribution in [2.45, 2.75) is 38.8 Å². The molecule has 0 aliphatic rings. The molecule has 1 rings (SSSR count). The van der Waals surface area contributed by atoms with Gasteiger partial charge in [-0.3, -0.25) is 0 Å². The van der Waals surface area contributed by atoms with Crippen LogP contribution < -0.4 is 10.1 Å². The van der Waals surface area contributed by atoms with Crippen molar-refractivity contribution in [3.8, 4) is 5.75 Å². The average molecular weight is 281 g/mol. The van der Waals surface area contributed by atoms with Crippen LogP contribution in [0.3, 0.4) is 0 Å². The van der Waals surface area contributed by atoms with E-state index in [2.05, 4.69) is 26.1 Å². The molecule has 0 saturated carbocycles. The normalized spacial score (nSPS) is 13.2. The second-order valence-electron chi connectivity index (χ2n) is 5.98. The number of rotatable bonds is 8. The van der Waals surface area contributed by atoms with Crippen LogP contribution in [0.4, 0.5) is 0 Å². The van der Waals surface area contributed by atoms with Crippen molar-refractivity contribution in [3.63, 3.8) is 0 Å². The van der Waals surface area contributed by atoms with Crippen molar-refractivity contribution >= 4 is 0 Å². The topological polar surface area (TPSA) is 50.7 Å². The molecular formula is C16H27NO3. The van der Waals surface area contributed by atoms with Gasteiger partial charge in [0.1, 0.15) is 18.5 Å². The molecule has 4 nitrogen and oxygen atoms in total. The first-order valence-electron chi connectivity index (χ1n) is 7.04. The van der Waals surface area contributed by atoms with Crippen LogP contribution in [0.1, 0.15) is 26.3 Å². The van der Waals surface area contributed by atoms with E-state index in [0.717, 1.165) is 18.8 Å². The standard InChI is InChI=1S/C16H27NO3/c1-16(2,3)17-11-14(18)12-20-15-7-5-13(6-8-15)9-10-19-4/h5-8,14,17-18H,9-12H2,1-4H3/t14-/m1/s1. The van der Waals surface area contributed by atoms with Crippen LogP contribution in [0.25, 0.3) is 0 Å². The van der Waals surface area contributed by atoms with Crippen molar-refractivity contribution < 1.29 is 14.6 Å². The predicted molar refractivity (Wildman–Crippen MR) is 81.3 cm³/mol. The molecule has 1 aromatic rings. The number of β-amino-alcohol motifs (C(OH)–C–C–N with tert-alkyl or cyclic N) is 1. The van der Waals surface area contributed by atoms with Crippen molar-refractivity contribution in [2.24, 2.45) is 0 Å². The Morgan fingerprint density at radius 2 is 1.85 bits per heavy atom. The molecule has 0 aliphatic carbocycles. The van der Waals surface area contributed by atoms with Gasteiger partial charge in [-0.15, -0.1) is 0 Å². The van der Waals surface area contributed by atoms with Gasteiger partial charge in [0.05, 0.1) is 6.61 Å². The van der Waals surface area contributed by atoms with E-state index in [9.17, 15) is 5.11 Å². The number of aliphatic hydroxyl groups excluding tert-OH is 1. The van der Waals surface area contributed by atoms with Crippen LogP contribution in [0, 0.1) is 0 Å². The minimum absolute atomic E-state index is 0.00395. The molecule has 20 heavy (non-hydrogen) atoms. The number of methoxy groups -OCH3 is 1. The summed E-state index contributed by atoms with van der Waals surface area (Å²) in [5, 5.41) is 13.1. The fourth-order valence-corrected chi connectivity index (χ4v) is 1.65. The fraction of sp³-hybridized carbons (Fsp3) is 0.625. The monoisotopic (exact) mass is 281 g/mol. The van der Waals surface area contributed by atoms with E-state index in [0.29, 0.717) is 13.2 Å². The van der Waals surface area contributed by atoms with Gasteiger partial charge < -0.3 is 19.9 Å². The van der Waals surface area contributed by atoms with E-state index in [4.69, 9.17) is 9.47 Å². The zero-order chi connectivity index (χ0) is 15.0. The lowest BCUT2D eigenvalue weighted by atomic mass is 10.1. The number of hydrogen-bond acceptors (Lipinski definition) is 4. The van der Waals surface area contributed by atoms with Crippen LogP contribution in [0.5, 0.6) is 5.75 Å². The van der Waals surface area contributed by atoms with Crippen molar-refractivity contribution in [1.29, 1.82) is 0 Å². The van der Waals surface area contributed by atoms with Crippen LogP contribution >= 0.6 is 0 Å². The van der Waals surface area contributed by atoms with E-state index in [1.54, 1.807) is 7.11 Å². The third-order valence-corrected chi connectivity index (χ3v) is 2.83. The SMILES string of the molecule is COCCc1ccc(OC[C@H](O)CNC(C)(C)C)cc1. The van der Waals surface area contributed by atoms with Crippen LogP contribution in [0.2, 0.25) is 0 Å². The Morgan fingerprint density at radius 3 is 2.40 bits per heavy atom. The Kier molecular flexibility index (Phi) is 6.99. The second-order valence-corrected chi connectivity index (χ2v) is 5.98. The van der Waals surface area contributed by atoms with E-state index in [-0.39, 0.29) is 5.54 Å². The molecule has 1 atom stereocenters. The van der Waals surface area contributed by atoms with Crippen molar-refractivity contribution in [3.05, 3.63) is 29.8 Å². The Morgan fingerprint density at radius 1 is 1.20 bits per heavy atom. The van der Waals surface area contributed by atoms with E-state index >= 15 is 0 Å². The number of aliphatic hydroxyl groups is 1. The maximum absolute atomic E-state index is 9.84. The largest absolute Gasteiger partial charge is 0.491 e. The molecule has 2 N–H and O–H groups in total.